The van der Waals surface area contributed by atoms with Crippen LogP contribution in [-0.4, -0.2) is 43.0 Å². The number of morpholine rings is 1. The summed E-state index contributed by atoms with van der Waals surface area (Å²) >= 11 is 1.28. The van der Waals surface area contributed by atoms with E-state index in [1.807, 2.05) is 35.2 Å². The molecule has 1 fully saturated rings. The maximum atomic E-state index is 13.3. The van der Waals surface area contributed by atoms with Crippen LogP contribution in [-0.2, 0) is 14.3 Å². The molecule has 0 radical (unpaired) electrons. The minimum absolute atomic E-state index is 0.362. The largest absolute Gasteiger partial charge is 0.378 e. The molecule has 0 aromatic heterocycles. The van der Waals surface area contributed by atoms with Crippen molar-refractivity contribution in [1.29, 1.82) is 0 Å². The summed E-state index contributed by atoms with van der Waals surface area (Å²) in [7, 11) is 0. The molecule has 5 nitrogen and oxygen atoms in total. The van der Waals surface area contributed by atoms with Crippen molar-refractivity contribution >= 4 is 29.3 Å². The minimum atomic E-state index is -0.418. The highest BCUT2D eigenvalue weighted by Crippen LogP contribution is 2.38. The van der Waals surface area contributed by atoms with E-state index >= 15 is 0 Å². The topological polar surface area (TPSA) is 49.9 Å². The van der Waals surface area contributed by atoms with Crippen LogP contribution in [0, 0.1) is 5.82 Å². The summed E-state index contributed by atoms with van der Waals surface area (Å²) in [5.74, 6) is -1.19. The predicted octanol–water partition coefficient (Wildman–Crippen LogP) is 3.04. The highest BCUT2D eigenvalue weighted by molar-refractivity contribution is 8.04. The zero-order valence-electron chi connectivity index (χ0n) is 14.4. The van der Waals surface area contributed by atoms with Crippen molar-refractivity contribution in [1.82, 2.24) is 4.90 Å². The highest BCUT2D eigenvalue weighted by atomic mass is 32.2. The van der Waals surface area contributed by atoms with E-state index in [0.29, 0.717) is 42.6 Å². The van der Waals surface area contributed by atoms with Gasteiger partial charge in [-0.3, -0.25) is 9.59 Å². The summed E-state index contributed by atoms with van der Waals surface area (Å²) in [5, 5.41) is 0. The van der Waals surface area contributed by atoms with Crippen molar-refractivity contribution in [2.45, 2.75) is 4.90 Å². The molecule has 2 aromatic rings. The number of carbonyl (C=O) groups is 2. The zero-order chi connectivity index (χ0) is 18.8. The van der Waals surface area contributed by atoms with E-state index in [9.17, 15) is 14.0 Å². The Labute approximate surface area is 160 Å². The van der Waals surface area contributed by atoms with Gasteiger partial charge in [-0.2, -0.15) is 0 Å². The lowest BCUT2D eigenvalue weighted by Gasteiger charge is -2.29. The third-order valence-corrected chi connectivity index (χ3v) is 5.47. The average Bonchev–Trinajstić information content (AvgIpc) is 2.94. The van der Waals surface area contributed by atoms with Crippen molar-refractivity contribution in [2.24, 2.45) is 0 Å². The third-order valence-electron chi connectivity index (χ3n) is 4.39. The fourth-order valence-corrected chi connectivity index (χ4v) is 4.11. The van der Waals surface area contributed by atoms with Gasteiger partial charge in [0.05, 0.1) is 18.9 Å². The van der Waals surface area contributed by atoms with Crippen LogP contribution in [0.4, 0.5) is 10.1 Å². The fraction of sp³-hybridized carbons (Fsp3) is 0.200. The maximum absolute atomic E-state index is 13.3. The normalized spacial score (nSPS) is 17.8. The maximum Gasteiger partial charge on any atom is 0.283 e. The Morgan fingerprint density at radius 2 is 1.56 bits per heavy atom. The van der Waals surface area contributed by atoms with Crippen LogP contribution in [0.1, 0.15) is 0 Å². The Balaban J connectivity index is 1.73. The number of rotatable bonds is 4. The molecule has 1 saturated heterocycles. The van der Waals surface area contributed by atoms with Gasteiger partial charge >= 0.3 is 0 Å². The number of carbonyl (C=O) groups excluding carboxylic acids is 2. The molecule has 2 amide bonds. The van der Waals surface area contributed by atoms with Crippen molar-refractivity contribution < 1.29 is 18.7 Å². The molecule has 0 spiro atoms. The third kappa shape index (κ3) is 3.48. The van der Waals surface area contributed by atoms with Crippen LogP contribution in [0.25, 0.3) is 0 Å². The molecule has 2 aromatic carbocycles. The SMILES string of the molecule is O=C1C(Sc2ccccc2)=C(N2CCOCC2)C(=O)N1c1ccc(F)cc1. The number of anilines is 1. The van der Waals surface area contributed by atoms with Gasteiger partial charge in [-0.25, -0.2) is 9.29 Å². The first-order chi connectivity index (χ1) is 13.1. The first kappa shape index (κ1) is 17.8. The number of ether oxygens (including phenoxy) is 1. The van der Waals surface area contributed by atoms with E-state index in [1.165, 1.54) is 36.0 Å². The van der Waals surface area contributed by atoms with E-state index in [0.717, 1.165) is 9.80 Å². The van der Waals surface area contributed by atoms with Gasteiger partial charge in [0.25, 0.3) is 11.8 Å². The Morgan fingerprint density at radius 3 is 2.22 bits per heavy atom. The van der Waals surface area contributed by atoms with Crippen LogP contribution < -0.4 is 4.90 Å². The molecule has 0 atom stereocenters. The van der Waals surface area contributed by atoms with Gasteiger partial charge in [-0.05, 0) is 36.4 Å². The van der Waals surface area contributed by atoms with Gasteiger partial charge in [0, 0.05) is 18.0 Å². The molecule has 0 N–H and O–H groups in total. The predicted molar refractivity (Wildman–Crippen MR) is 101 cm³/mol. The molecule has 0 saturated carbocycles. The number of halogens is 1. The number of imide groups is 1. The number of benzene rings is 2. The van der Waals surface area contributed by atoms with Gasteiger partial charge in [-0.15, -0.1) is 0 Å². The van der Waals surface area contributed by atoms with Crippen LogP contribution in [0.2, 0.25) is 0 Å². The fourth-order valence-electron chi connectivity index (χ4n) is 3.09. The molecule has 4 rings (SSSR count). The average molecular weight is 384 g/mol. The first-order valence-corrected chi connectivity index (χ1v) is 9.41. The number of amides is 2. The van der Waals surface area contributed by atoms with Gasteiger partial charge in [-0.1, -0.05) is 30.0 Å². The van der Waals surface area contributed by atoms with Crippen molar-refractivity contribution in [2.75, 3.05) is 31.2 Å². The molecular weight excluding hydrogens is 367 g/mol. The molecule has 2 aliphatic heterocycles. The molecule has 7 heteroatoms. The van der Waals surface area contributed by atoms with Crippen LogP contribution in [0.15, 0.2) is 70.1 Å². The second-order valence-electron chi connectivity index (χ2n) is 6.11. The summed E-state index contributed by atoms with van der Waals surface area (Å²) in [6, 6.07) is 14.8. The summed E-state index contributed by atoms with van der Waals surface area (Å²) in [6.07, 6.45) is 0. The number of hydrogen-bond acceptors (Lipinski definition) is 5. The van der Waals surface area contributed by atoms with Crippen LogP contribution in [0.5, 0.6) is 0 Å². The summed E-state index contributed by atoms with van der Waals surface area (Å²) < 4.78 is 18.7. The lowest BCUT2D eigenvalue weighted by molar-refractivity contribution is -0.121. The Hall–Kier alpha value is -2.64. The monoisotopic (exact) mass is 384 g/mol. The minimum Gasteiger partial charge on any atom is -0.378 e. The molecule has 27 heavy (non-hydrogen) atoms. The second kappa shape index (κ2) is 7.54. The van der Waals surface area contributed by atoms with Gasteiger partial charge in [0.2, 0.25) is 0 Å². The van der Waals surface area contributed by atoms with Gasteiger partial charge in [0.1, 0.15) is 16.4 Å². The lowest BCUT2D eigenvalue weighted by Crippen LogP contribution is -2.40. The standard InChI is InChI=1S/C20H17FN2O3S/c21-14-6-8-15(9-7-14)23-19(24)17(22-10-12-26-13-11-22)18(20(23)25)27-16-4-2-1-3-5-16/h1-9H,10-13H2. The van der Waals surface area contributed by atoms with E-state index < -0.39 is 5.82 Å². The van der Waals surface area contributed by atoms with E-state index in [2.05, 4.69) is 0 Å². The highest BCUT2D eigenvalue weighted by Gasteiger charge is 2.42. The number of hydrogen-bond donors (Lipinski definition) is 0. The summed E-state index contributed by atoms with van der Waals surface area (Å²) in [5.41, 5.74) is 0.752. The Bertz CT molecular complexity index is 893. The van der Waals surface area contributed by atoms with E-state index in [-0.39, 0.29) is 11.8 Å². The number of thioether (sulfide) groups is 1. The quantitative estimate of drug-likeness (QED) is 0.759. The molecule has 0 aliphatic carbocycles. The second-order valence-corrected chi connectivity index (χ2v) is 7.20. The molecule has 2 aliphatic rings. The number of nitrogens with zero attached hydrogens (tertiary/aromatic N) is 2. The Morgan fingerprint density at radius 1 is 0.889 bits per heavy atom. The molecule has 0 bridgehead atoms. The first-order valence-electron chi connectivity index (χ1n) is 8.59. The molecular formula is C20H17FN2O3S. The Kier molecular flexibility index (Phi) is 4.96. The van der Waals surface area contributed by atoms with Crippen molar-refractivity contribution in [3.8, 4) is 0 Å². The summed E-state index contributed by atoms with van der Waals surface area (Å²) in [4.78, 5) is 30.6. The van der Waals surface area contributed by atoms with Gasteiger partial charge < -0.3 is 9.64 Å². The zero-order valence-corrected chi connectivity index (χ0v) is 15.2. The molecule has 2 heterocycles. The van der Waals surface area contributed by atoms with E-state index in [1.54, 1.807) is 0 Å². The van der Waals surface area contributed by atoms with Crippen molar-refractivity contribution in [3.05, 3.63) is 71.0 Å². The molecule has 138 valence electrons. The smallest absolute Gasteiger partial charge is 0.283 e. The van der Waals surface area contributed by atoms with Gasteiger partial charge in [0.15, 0.2) is 0 Å². The van der Waals surface area contributed by atoms with Crippen LogP contribution in [0.3, 0.4) is 0 Å². The van der Waals surface area contributed by atoms with E-state index in [4.69, 9.17) is 4.74 Å². The van der Waals surface area contributed by atoms with Crippen molar-refractivity contribution in [3.63, 3.8) is 0 Å². The lowest BCUT2D eigenvalue weighted by atomic mass is 10.3. The summed E-state index contributed by atoms with van der Waals surface area (Å²) in [6.45, 7) is 2.10. The molecule has 0 unspecified atom stereocenters. The van der Waals surface area contributed by atoms with Crippen LogP contribution >= 0.6 is 11.8 Å².